The maximum atomic E-state index is 13.9. The molecule has 9 atom stereocenters. The van der Waals surface area contributed by atoms with Crippen molar-refractivity contribution in [2.24, 2.45) is 65.0 Å². The Morgan fingerprint density at radius 1 is 0.347 bits per heavy atom. The molecule has 15 heteroatoms. The molecular formula is C80H205O15+. The van der Waals surface area contributed by atoms with Crippen LogP contribution >= 0.6 is 0 Å². The number of fused-ring (bicyclic) bond motifs is 4. The van der Waals surface area contributed by atoms with Gasteiger partial charge in [0.25, 0.3) is 0 Å². The second-order valence-electron chi connectivity index (χ2n) is 27.5. The van der Waals surface area contributed by atoms with Crippen molar-refractivity contribution in [1.29, 1.82) is 0 Å². The molecular weight excluding hydrogens is 1200 g/mol. The van der Waals surface area contributed by atoms with Crippen LogP contribution in [0.3, 0.4) is 0 Å². The number of ether oxygens (including phenoxy) is 3. The summed E-state index contributed by atoms with van der Waals surface area (Å²) in [5.74, 6) is -1.69. The number of rotatable bonds is 21. The molecule has 0 aromatic rings. The zero-order valence-corrected chi connectivity index (χ0v) is 47.9. The minimum Gasteiger partial charge on any atom is -0.465 e. The number of esters is 3. The second-order valence-corrected chi connectivity index (χ2v) is 27.5. The van der Waals surface area contributed by atoms with E-state index in [4.69, 9.17) is 14.2 Å². The fraction of sp³-hybridized carbons (Fsp3) is 0.963. The average molecular weight is 1410 g/mol. The number of aliphatic hydroxyl groups is 9. The third-order valence-corrected chi connectivity index (χ3v) is 16.3. The first-order valence-electron chi connectivity index (χ1n) is 26.3. The molecule has 0 saturated carbocycles. The van der Waals surface area contributed by atoms with Crippen LogP contribution < -0.4 is 0 Å². The van der Waals surface area contributed by atoms with Crippen LogP contribution in [-0.4, -0.2) is 143 Å². The maximum absolute atomic E-state index is 13.9. The van der Waals surface area contributed by atoms with E-state index in [0.717, 1.165) is 38.5 Å². The van der Waals surface area contributed by atoms with Crippen molar-refractivity contribution in [2.75, 3.05) is 79.3 Å². The summed E-state index contributed by atoms with van der Waals surface area (Å²) >= 11 is 0. The molecule has 95 heavy (non-hydrogen) atoms. The Balaban J connectivity index is -0.0000000306. The van der Waals surface area contributed by atoms with Gasteiger partial charge in [-0.3, -0.25) is 14.4 Å². The van der Waals surface area contributed by atoms with Crippen LogP contribution in [0.15, 0.2) is 0 Å². The third-order valence-electron chi connectivity index (χ3n) is 16.3. The quantitative estimate of drug-likeness (QED) is 0.0382. The van der Waals surface area contributed by atoms with E-state index in [-0.39, 0.29) is 304 Å². The Kier molecular flexibility index (Phi) is 122. The molecule has 15 nitrogen and oxygen atoms in total. The van der Waals surface area contributed by atoms with Crippen LogP contribution in [0.2, 0.25) is 0 Å². The van der Waals surface area contributed by atoms with Gasteiger partial charge in [0.15, 0.2) is 0 Å². The van der Waals surface area contributed by atoms with Gasteiger partial charge < -0.3 is 60.2 Å². The van der Waals surface area contributed by atoms with Crippen molar-refractivity contribution in [3.05, 3.63) is 0 Å². The van der Waals surface area contributed by atoms with Gasteiger partial charge in [0.05, 0.1) is 55.9 Å². The zero-order valence-electron chi connectivity index (χ0n) is 48.9. The van der Waals surface area contributed by atoms with Gasteiger partial charge in [-0.1, -0.05) is 289 Å². The molecule has 2 fully saturated rings. The molecule has 2 saturated heterocycles. The summed E-state index contributed by atoms with van der Waals surface area (Å²) in [6, 6.07) is 0. The number of hydrogen-bond acceptors (Lipinski definition) is 15. The monoisotopic (exact) mass is 1410 g/mol. The lowest BCUT2D eigenvalue weighted by Crippen LogP contribution is -2.51. The van der Waals surface area contributed by atoms with E-state index >= 15 is 0 Å². The standard InChI is InChI=1S/C28H48O9.2C14H30O3.24CH4/c1-8-24(5)12-28(16-31)10-23(3,4)17-35-20(32)26(7,14-29)11-25(6,19-37-22(28)34)13-27(9-2,15-30)21(33)36-18-24;2*1-6-13(4,10-16)8-14(5,11-17)7-12(2,3)9-15;;;;;;;;;;;;;;;;;;;;;;;;/h29-31H,8-19H2,1-7H3;2*15-17H,6-11H2,1-5H3;24*1H4/p+1. The van der Waals surface area contributed by atoms with Crippen LogP contribution in [0, 0.1) is 65.0 Å². The number of aliphatic hydroxyl groups excluding tert-OH is 9. The molecule has 2 heterocycles. The SMILES string of the molecule is C.C.C.C.C.C.C.C.C.C.C.C.C.C.C.C.C.C.C.C.C.C.C.C.CCC(C)(CO)CC(C)(CO)CC(C)(C)CO.CCC(C)(CO)CC(C)(CO)CC(C)(C)CO.CCC1(C)COC(=O)C(CC)(CO)CC2(C)COC(=O)C(CO)(CC(C)(C)COC(=O)C(C)(CO)C2)C1.[H+]. The van der Waals surface area contributed by atoms with Gasteiger partial charge in [-0.05, 0) is 116 Å². The largest absolute Gasteiger partial charge is 1.00 e. The molecule has 9 unspecified atom stereocenters. The first-order chi connectivity index (χ1) is 32.3. The van der Waals surface area contributed by atoms with Crippen molar-refractivity contribution in [2.45, 2.75) is 373 Å². The Morgan fingerprint density at radius 2 is 0.663 bits per heavy atom. The van der Waals surface area contributed by atoms with E-state index in [1.165, 1.54) is 0 Å². The minimum absolute atomic E-state index is 0. The lowest BCUT2D eigenvalue weighted by molar-refractivity contribution is -0.185. The van der Waals surface area contributed by atoms with E-state index in [1.54, 1.807) is 20.8 Å². The van der Waals surface area contributed by atoms with E-state index in [2.05, 4.69) is 13.8 Å². The minimum atomic E-state index is -1.33. The van der Waals surface area contributed by atoms with Gasteiger partial charge in [-0.2, -0.15) is 0 Å². The summed E-state index contributed by atoms with van der Waals surface area (Å²) in [4.78, 5) is 40.7. The third kappa shape index (κ3) is 50.9. The molecule has 2 rings (SSSR count). The summed E-state index contributed by atoms with van der Waals surface area (Å²) in [7, 11) is 0. The van der Waals surface area contributed by atoms with Gasteiger partial charge in [0.2, 0.25) is 0 Å². The van der Waals surface area contributed by atoms with Crippen molar-refractivity contribution in [3.63, 3.8) is 0 Å². The van der Waals surface area contributed by atoms with E-state index in [1.807, 2.05) is 83.1 Å². The van der Waals surface area contributed by atoms with E-state index in [0.29, 0.717) is 6.42 Å². The highest BCUT2D eigenvalue weighted by atomic mass is 16.5. The molecule has 0 aromatic heterocycles. The van der Waals surface area contributed by atoms with Gasteiger partial charge >= 0.3 is 19.3 Å². The highest BCUT2D eigenvalue weighted by molar-refractivity contribution is 5.79. The Morgan fingerprint density at radius 3 is 0.916 bits per heavy atom. The molecule has 0 radical (unpaired) electrons. The first-order valence-corrected chi connectivity index (χ1v) is 26.3. The summed E-state index contributed by atoms with van der Waals surface area (Å²) in [5, 5.41) is 88.3. The van der Waals surface area contributed by atoms with Crippen molar-refractivity contribution in [3.8, 4) is 0 Å². The van der Waals surface area contributed by atoms with Crippen LogP contribution in [0.4, 0.5) is 0 Å². The van der Waals surface area contributed by atoms with Crippen LogP contribution in [0.5, 0.6) is 0 Å². The number of carbonyl (C=O) groups is 3. The normalized spacial score (nSPS) is 22.6. The average Bonchev–Trinajstić information content (AvgIpc) is 3.32. The van der Waals surface area contributed by atoms with Gasteiger partial charge in [0, 0.05) is 55.9 Å². The molecule has 0 amide bonds. The van der Waals surface area contributed by atoms with Gasteiger partial charge in [-0.15, -0.1) is 0 Å². The summed E-state index contributed by atoms with van der Waals surface area (Å²) in [6.45, 7) is 32.0. The lowest BCUT2D eigenvalue weighted by Gasteiger charge is -2.47. The highest BCUT2D eigenvalue weighted by Crippen LogP contribution is 2.51. The molecule has 614 valence electrons. The number of carbonyl (C=O) groups excluding carboxylic acids is 3. The fourth-order valence-electron chi connectivity index (χ4n) is 11.8. The number of cyclic esters (lactones) is 2. The molecule has 0 aliphatic carbocycles. The number of hydrogen-bond donors (Lipinski definition) is 9. The second kappa shape index (κ2) is 67.9. The molecule has 2 aliphatic heterocycles. The maximum Gasteiger partial charge on any atom is 1.00 e. The van der Waals surface area contributed by atoms with Crippen molar-refractivity contribution in [1.82, 2.24) is 0 Å². The van der Waals surface area contributed by atoms with Crippen LogP contribution in [-0.2, 0) is 28.6 Å². The summed E-state index contributed by atoms with van der Waals surface area (Å²) in [5.41, 5.74) is -7.49. The topological polar surface area (TPSA) is 261 Å². The fourth-order valence-corrected chi connectivity index (χ4v) is 11.8. The Bertz CT molecular complexity index is 1590. The lowest BCUT2D eigenvalue weighted by atomic mass is 9.63. The summed E-state index contributed by atoms with van der Waals surface area (Å²) < 4.78 is 17.6. The van der Waals surface area contributed by atoms with E-state index < -0.39 is 70.2 Å². The molecule has 2 bridgehead atoms. The highest BCUT2D eigenvalue weighted by Gasteiger charge is 2.54. The smallest absolute Gasteiger partial charge is 0.465 e. The predicted octanol–water partition coefficient (Wildman–Crippen LogP) is 22.8. The van der Waals surface area contributed by atoms with Crippen molar-refractivity contribution >= 4 is 17.9 Å². The van der Waals surface area contributed by atoms with Crippen molar-refractivity contribution < 1.29 is 76.0 Å². The Hall–Kier alpha value is -1.95. The summed E-state index contributed by atoms with van der Waals surface area (Å²) in [6.07, 6.45) is 6.12. The van der Waals surface area contributed by atoms with Crippen LogP contribution in [0.1, 0.15) is 374 Å². The first kappa shape index (κ1) is 170. The van der Waals surface area contributed by atoms with Gasteiger partial charge in [-0.25, -0.2) is 0 Å². The zero-order chi connectivity index (χ0) is 55.8. The van der Waals surface area contributed by atoms with Crippen LogP contribution in [0.25, 0.3) is 0 Å². The predicted molar refractivity (Wildman–Crippen MR) is 440 cm³/mol. The van der Waals surface area contributed by atoms with E-state index in [9.17, 15) is 60.3 Å². The molecule has 0 spiro atoms. The molecule has 2 aliphatic rings. The van der Waals surface area contributed by atoms with Gasteiger partial charge in [0.1, 0.15) is 0 Å². The molecule has 9 N–H and O–H groups in total. The Labute approximate surface area is 608 Å². The molecule has 0 aromatic carbocycles.